The van der Waals surface area contributed by atoms with E-state index in [1.807, 2.05) is 0 Å². The zero-order valence-corrected chi connectivity index (χ0v) is 12.8. The fourth-order valence-corrected chi connectivity index (χ4v) is 3.62. The lowest BCUT2D eigenvalue weighted by Crippen LogP contribution is -2.17. The molecule has 1 N–H and O–H groups in total. The summed E-state index contributed by atoms with van der Waals surface area (Å²) < 4.78 is 6.01. The minimum atomic E-state index is 0.449. The van der Waals surface area contributed by atoms with Crippen molar-refractivity contribution in [3.8, 4) is 5.75 Å². The van der Waals surface area contributed by atoms with Crippen LogP contribution in [0.4, 0.5) is 5.69 Å². The van der Waals surface area contributed by atoms with Crippen LogP contribution >= 0.6 is 0 Å². The minimum Gasteiger partial charge on any atom is -0.490 e. The van der Waals surface area contributed by atoms with Gasteiger partial charge in [-0.2, -0.15) is 0 Å². The van der Waals surface area contributed by atoms with Crippen LogP contribution in [0.3, 0.4) is 0 Å². The van der Waals surface area contributed by atoms with Crippen LogP contribution in [0, 0.1) is 5.41 Å². The van der Waals surface area contributed by atoms with Crippen LogP contribution in [-0.2, 0) is 0 Å². The molecule has 0 bridgehead atoms. The lowest BCUT2D eigenvalue weighted by Gasteiger charge is -2.19. The van der Waals surface area contributed by atoms with Crippen LogP contribution in [0.15, 0.2) is 24.3 Å². The van der Waals surface area contributed by atoms with Crippen LogP contribution in [0.1, 0.15) is 58.8 Å². The van der Waals surface area contributed by atoms with E-state index in [1.165, 1.54) is 50.6 Å². The molecule has 0 radical (unpaired) electrons. The third-order valence-electron chi connectivity index (χ3n) is 4.80. The van der Waals surface area contributed by atoms with Gasteiger partial charge in [0.05, 0.1) is 6.10 Å². The van der Waals surface area contributed by atoms with E-state index in [4.69, 9.17) is 4.74 Å². The summed E-state index contributed by atoms with van der Waals surface area (Å²) in [6.07, 6.45) is 9.41. The second kappa shape index (κ2) is 5.67. The van der Waals surface area contributed by atoms with Crippen LogP contribution < -0.4 is 10.1 Å². The van der Waals surface area contributed by atoms with Crippen molar-refractivity contribution < 1.29 is 4.74 Å². The molecule has 2 fully saturated rings. The Hall–Kier alpha value is -1.18. The van der Waals surface area contributed by atoms with Crippen molar-refractivity contribution in [2.45, 2.75) is 70.9 Å². The van der Waals surface area contributed by atoms with Crippen molar-refractivity contribution in [2.75, 3.05) is 5.32 Å². The number of hydrogen-bond donors (Lipinski definition) is 1. The summed E-state index contributed by atoms with van der Waals surface area (Å²) in [4.78, 5) is 0. The molecule has 1 atom stereocenters. The SMILES string of the molecule is CC1(C)CCC(Nc2ccc(OC3CCCC3)cc2)C1. The highest BCUT2D eigenvalue weighted by Crippen LogP contribution is 2.38. The highest BCUT2D eigenvalue weighted by atomic mass is 16.5. The van der Waals surface area contributed by atoms with Gasteiger partial charge in [-0.15, -0.1) is 0 Å². The van der Waals surface area contributed by atoms with Gasteiger partial charge in [0.1, 0.15) is 5.75 Å². The van der Waals surface area contributed by atoms with Crippen LogP contribution in [0.25, 0.3) is 0 Å². The molecule has 2 aliphatic carbocycles. The molecule has 0 spiro atoms. The molecule has 1 unspecified atom stereocenters. The molecule has 0 heterocycles. The molecule has 0 amide bonds. The Labute approximate surface area is 122 Å². The van der Waals surface area contributed by atoms with Crippen molar-refractivity contribution in [3.05, 3.63) is 24.3 Å². The van der Waals surface area contributed by atoms with E-state index >= 15 is 0 Å². The largest absolute Gasteiger partial charge is 0.490 e. The first kappa shape index (κ1) is 13.8. The second-order valence-corrected chi connectivity index (χ2v) is 7.30. The maximum atomic E-state index is 6.01. The smallest absolute Gasteiger partial charge is 0.119 e. The van der Waals surface area contributed by atoms with Gasteiger partial charge in [0.15, 0.2) is 0 Å². The maximum Gasteiger partial charge on any atom is 0.119 e. The molecule has 0 saturated heterocycles. The van der Waals surface area contributed by atoms with Gasteiger partial charge in [-0.3, -0.25) is 0 Å². The normalized spacial score (nSPS) is 25.8. The van der Waals surface area contributed by atoms with Gasteiger partial charge in [-0.25, -0.2) is 0 Å². The number of benzene rings is 1. The highest BCUT2D eigenvalue weighted by molar-refractivity contribution is 5.47. The highest BCUT2D eigenvalue weighted by Gasteiger charge is 2.30. The van der Waals surface area contributed by atoms with Crippen LogP contribution in [0.2, 0.25) is 0 Å². The number of anilines is 1. The molecule has 1 aromatic rings. The predicted octanol–water partition coefficient (Wildman–Crippen LogP) is 5.00. The fourth-order valence-electron chi connectivity index (χ4n) is 3.62. The summed E-state index contributed by atoms with van der Waals surface area (Å²) in [6, 6.07) is 9.18. The number of hydrogen-bond acceptors (Lipinski definition) is 2. The summed E-state index contributed by atoms with van der Waals surface area (Å²) in [5.74, 6) is 1.02. The van der Waals surface area contributed by atoms with E-state index in [0.717, 1.165) is 5.75 Å². The molecule has 0 aliphatic heterocycles. The monoisotopic (exact) mass is 273 g/mol. The Bertz CT molecular complexity index is 431. The van der Waals surface area contributed by atoms with Crippen molar-refractivity contribution in [3.63, 3.8) is 0 Å². The van der Waals surface area contributed by atoms with E-state index in [-0.39, 0.29) is 0 Å². The standard InChI is InChI=1S/C18H27NO/c1-18(2)12-11-15(13-18)19-14-7-9-17(10-8-14)20-16-5-3-4-6-16/h7-10,15-16,19H,3-6,11-13H2,1-2H3. The molecule has 1 aromatic carbocycles. The van der Waals surface area contributed by atoms with Gasteiger partial charge in [-0.1, -0.05) is 13.8 Å². The van der Waals surface area contributed by atoms with Gasteiger partial charge >= 0.3 is 0 Å². The Morgan fingerprint density at radius 2 is 1.75 bits per heavy atom. The number of rotatable bonds is 4. The van der Waals surface area contributed by atoms with Gasteiger partial charge in [-0.05, 0) is 74.6 Å². The van der Waals surface area contributed by atoms with Crippen molar-refractivity contribution >= 4 is 5.69 Å². The quantitative estimate of drug-likeness (QED) is 0.833. The van der Waals surface area contributed by atoms with E-state index in [2.05, 4.69) is 43.4 Å². The first-order valence-corrected chi connectivity index (χ1v) is 8.14. The molecule has 2 heteroatoms. The Balaban J connectivity index is 1.53. The average molecular weight is 273 g/mol. The molecule has 2 saturated carbocycles. The number of ether oxygens (including phenoxy) is 1. The zero-order chi connectivity index (χ0) is 14.0. The Kier molecular flexibility index (Phi) is 3.91. The molecule has 20 heavy (non-hydrogen) atoms. The first-order chi connectivity index (χ1) is 9.61. The van der Waals surface area contributed by atoms with Crippen LogP contribution in [-0.4, -0.2) is 12.1 Å². The van der Waals surface area contributed by atoms with E-state index in [1.54, 1.807) is 0 Å². The van der Waals surface area contributed by atoms with Gasteiger partial charge in [0, 0.05) is 11.7 Å². The van der Waals surface area contributed by atoms with Crippen molar-refractivity contribution in [1.82, 2.24) is 0 Å². The molecule has 110 valence electrons. The predicted molar refractivity (Wildman–Crippen MR) is 84.4 cm³/mol. The topological polar surface area (TPSA) is 21.3 Å². The maximum absolute atomic E-state index is 6.01. The third-order valence-corrected chi connectivity index (χ3v) is 4.80. The molecule has 0 aromatic heterocycles. The molecule has 3 rings (SSSR count). The van der Waals surface area contributed by atoms with Gasteiger partial charge in [0.25, 0.3) is 0 Å². The van der Waals surface area contributed by atoms with E-state index in [0.29, 0.717) is 17.6 Å². The lowest BCUT2D eigenvalue weighted by atomic mass is 9.92. The summed E-state index contributed by atoms with van der Waals surface area (Å²) in [6.45, 7) is 4.74. The van der Waals surface area contributed by atoms with Gasteiger partial charge < -0.3 is 10.1 Å². The Morgan fingerprint density at radius 3 is 2.35 bits per heavy atom. The molecule has 2 nitrogen and oxygen atoms in total. The third kappa shape index (κ3) is 3.47. The minimum absolute atomic E-state index is 0.449. The Morgan fingerprint density at radius 1 is 1.05 bits per heavy atom. The second-order valence-electron chi connectivity index (χ2n) is 7.30. The lowest BCUT2D eigenvalue weighted by molar-refractivity contribution is 0.210. The van der Waals surface area contributed by atoms with E-state index < -0.39 is 0 Å². The van der Waals surface area contributed by atoms with Crippen LogP contribution in [0.5, 0.6) is 5.75 Å². The zero-order valence-electron chi connectivity index (χ0n) is 12.8. The summed E-state index contributed by atoms with van der Waals surface area (Å²) >= 11 is 0. The van der Waals surface area contributed by atoms with Crippen molar-refractivity contribution in [1.29, 1.82) is 0 Å². The first-order valence-electron chi connectivity index (χ1n) is 8.14. The summed E-state index contributed by atoms with van der Waals surface area (Å²) in [5.41, 5.74) is 1.73. The van der Waals surface area contributed by atoms with Crippen molar-refractivity contribution in [2.24, 2.45) is 5.41 Å². The van der Waals surface area contributed by atoms with E-state index in [9.17, 15) is 0 Å². The molecular formula is C18H27NO. The average Bonchev–Trinajstić information content (AvgIpc) is 3.02. The molecule has 2 aliphatic rings. The fraction of sp³-hybridized carbons (Fsp3) is 0.667. The van der Waals surface area contributed by atoms with Gasteiger partial charge in [0.2, 0.25) is 0 Å². The summed E-state index contributed by atoms with van der Waals surface area (Å²) in [5, 5.41) is 3.66. The summed E-state index contributed by atoms with van der Waals surface area (Å²) in [7, 11) is 0. The number of nitrogens with one attached hydrogen (secondary N) is 1. The molecular weight excluding hydrogens is 246 g/mol.